The Morgan fingerprint density at radius 1 is 1.40 bits per heavy atom. The summed E-state index contributed by atoms with van der Waals surface area (Å²) in [4.78, 5) is 10.9. The summed E-state index contributed by atoms with van der Waals surface area (Å²) in [5, 5.41) is 22.6. The Morgan fingerprint density at radius 2 is 2.10 bits per heavy atom. The molecule has 1 aromatic heterocycles. The summed E-state index contributed by atoms with van der Waals surface area (Å²) in [6.45, 7) is 2.02. The van der Waals surface area contributed by atoms with E-state index in [2.05, 4.69) is 20.6 Å². The highest BCUT2D eigenvalue weighted by molar-refractivity contribution is 5.73. The maximum atomic E-state index is 10.9. The molecule has 2 rings (SSSR count). The summed E-state index contributed by atoms with van der Waals surface area (Å²) in [6, 6.07) is 7.12. The van der Waals surface area contributed by atoms with E-state index in [1.165, 1.54) is 5.56 Å². The molecule has 0 aliphatic rings. The number of H-pyrrole nitrogens is 1. The Morgan fingerprint density at radius 3 is 2.65 bits per heavy atom. The Kier molecular flexibility index (Phi) is 4.41. The van der Waals surface area contributed by atoms with E-state index in [4.69, 9.17) is 10.8 Å². The number of carboxylic acid groups (broad SMARTS) is 1. The quantitative estimate of drug-likeness (QED) is 0.712. The minimum Gasteiger partial charge on any atom is -0.480 e. The van der Waals surface area contributed by atoms with E-state index >= 15 is 0 Å². The van der Waals surface area contributed by atoms with E-state index in [9.17, 15) is 4.79 Å². The molecule has 106 valence electrons. The lowest BCUT2D eigenvalue weighted by atomic mass is 9.92. The predicted molar refractivity (Wildman–Crippen MR) is 72.0 cm³/mol. The molecule has 7 heteroatoms. The molecule has 0 radical (unpaired) electrons. The number of benzene rings is 1. The van der Waals surface area contributed by atoms with Crippen LogP contribution in [0.2, 0.25) is 0 Å². The lowest BCUT2D eigenvalue weighted by Gasteiger charge is -2.16. The summed E-state index contributed by atoms with van der Waals surface area (Å²) in [6.07, 6.45) is 0.915. The van der Waals surface area contributed by atoms with Gasteiger partial charge in [0.2, 0.25) is 0 Å². The molecule has 0 amide bonds. The fourth-order valence-electron chi connectivity index (χ4n) is 2.05. The fourth-order valence-corrected chi connectivity index (χ4v) is 2.05. The maximum Gasteiger partial charge on any atom is 0.320 e. The number of nitrogens with two attached hydrogens (primary N) is 1. The molecule has 1 unspecified atom stereocenters. The molecule has 7 nitrogen and oxygen atoms in total. The molecule has 0 saturated carbocycles. The summed E-state index contributed by atoms with van der Waals surface area (Å²) in [5.41, 5.74) is 7.89. The molecule has 4 N–H and O–H groups in total. The number of hydrogen-bond donors (Lipinski definition) is 3. The Labute approximate surface area is 116 Å². The maximum absolute atomic E-state index is 10.9. The van der Waals surface area contributed by atoms with Crippen LogP contribution in [0, 0.1) is 6.92 Å². The van der Waals surface area contributed by atoms with Crippen LogP contribution in [-0.4, -0.2) is 37.7 Å². The molecule has 1 aromatic carbocycles. The number of rotatable bonds is 6. The van der Waals surface area contributed by atoms with Crippen LogP contribution in [0.1, 0.15) is 29.3 Å². The van der Waals surface area contributed by atoms with Gasteiger partial charge in [0, 0.05) is 5.92 Å². The van der Waals surface area contributed by atoms with Gasteiger partial charge in [-0.05, 0) is 35.8 Å². The van der Waals surface area contributed by atoms with Gasteiger partial charge in [-0.1, -0.05) is 29.8 Å². The second kappa shape index (κ2) is 6.25. The first-order chi connectivity index (χ1) is 9.56. The molecule has 0 aliphatic carbocycles. The van der Waals surface area contributed by atoms with Crippen molar-refractivity contribution >= 4 is 5.97 Å². The van der Waals surface area contributed by atoms with Crippen LogP contribution in [0.4, 0.5) is 0 Å². The van der Waals surface area contributed by atoms with Crippen molar-refractivity contribution in [2.45, 2.75) is 31.7 Å². The van der Waals surface area contributed by atoms with Gasteiger partial charge in [-0.3, -0.25) is 4.79 Å². The summed E-state index contributed by atoms with van der Waals surface area (Å²) >= 11 is 0. The normalized spacial score (nSPS) is 13.9. The molecule has 2 aromatic rings. The highest BCUT2D eigenvalue weighted by Gasteiger charge is 2.23. The molecule has 0 saturated heterocycles. The van der Waals surface area contributed by atoms with E-state index in [1.54, 1.807) is 0 Å². The number of carboxylic acids is 1. The number of nitrogens with one attached hydrogen (secondary N) is 1. The van der Waals surface area contributed by atoms with Crippen molar-refractivity contribution in [2.75, 3.05) is 0 Å². The molecule has 0 bridgehead atoms. The van der Waals surface area contributed by atoms with E-state index in [0.29, 0.717) is 12.2 Å². The standard InChI is InChI=1S/C13H17N5O2/c1-8-2-4-9(5-3-8)6-10(7-11(14)13(19)20)12-15-17-18-16-12/h2-5,10-11H,6-7,14H2,1H3,(H,19,20)(H,15,16,17,18)/t10?,11-/m0/s1. The van der Waals surface area contributed by atoms with Gasteiger partial charge in [-0.2, -0.15) is 0 Å². The van der Waals surface area contributed by atoms with Crippen molar-refractivity contribution in [3.8, 4) is 0 Å². The predicted octanol–water partition coefficient (Wildman–Crippen LogP) is 0.636. The number of aryl methyl sites for hydroxylation is 1. The SMILES string of the molecule is Cc1ccc(CC(C[C@H](N)C(=O)O)c2nnn[nH]2)cc1. The molecule has 1 heterocycles. The number of tetrazole rings is 1. The minimum absolute atomic E-state index is 0.154. The zero-order valence-electron chi connectivity index (χ0n) is 11.2. The average molecular weight is 275 g/mol. The number of carbonyl (C=O) groups is 1. The lowest BCUT2D eigenvalue weighted by Crippen LogP contribution is -2.32. The fraction of sp³-hybridized carbons (Fsp3) is 0.385. The van der Waals surface area contributed by atoms with Gasteiger partial charge in [0.25, 0.3) is 0 Å². The number of aromatic amines is 1. The van der Waals surface area contributed by atoms with Crippen LogP contribution < -0.4 is 5.73 Å². The van der Waals surface area contributed by atoms with Crippen molar-refractivity contribution in [1.29, 1.82) is 0 Å². The first-order valence-electron chi connectivity index (χ1n) is 6.34. The van der Waals surface area contributed by atoms with Crippen LogP contribution in [0.25, 0.3) is 0 Å². The average Bonchev–Trinajstić information content (AvgIpc) is 2.94. The van der Waals surface area contributed by atoms with Gasteiger partial charge in [-0.15, -0.1) is 5.10 Å². The van der Waals surface area contributed by atoms with Gasteiger partial charge >= 0.3 is 5.97 Å². The lowest BCUT2D eigenvalue weighted by molar-refractivity contribution is -0.138. The summed E-state index contributed by atoms with van der Waals surface area (Å²) in [7, 11) is 0. The highest BCUT2D eigenvalue weighted by atomic mass is 16.4. The molecule has 20 heavy (non-hydrogen) atoms. The van der Waals surface area contributed by atoms with Crippen molar-refractivity contribution in [2.24, 2.45) is 5.73 Å². The first kappa shape index (κ1) is 14.1. The first-order valence-corrected chi connectivity index (χ1v) is 6.34. The van der Waals surface area contributed by atoms with E-state index in [-0.39, 0.29) is 12.3 Å². The Bertz CT molecular complexity index is 553. The van der Waals surface area contributed by atoms with Crippen LogP contribution in [0.15, 0.2) is 24.3 Å². The molecular weight excluding hydrogens is 258 g/mol. The van der Waals surface area contributed by atoms with Gasteiger partial charge in [0.15, 0.2) is 5.82 Å². The minimum atomic E-state index is -1.02. The monoisotopic (exact) mass is 275 g/mol. The summed E-state index contributed by atoms with van der Waals surface area (Å²) < 4.78 is 0. The van der Waals surface area contributed by atoms with Crippen LogP contribution in [-0.2, 0) is 11.2 Å². The van der Waals surface area contributed by atoms with Gasteiger partial charge in [0.1, 0.15) is 6.04 Å². The Hall–Kier alpha value is -2.28. The van der Waals surface area contributed by atoms with Crippen molar-refractivity contribution < 1.29 is 9.90 Å². The smallest absolute Gasteiger partial charge is 0.320 e. The van der Waals surface area contributed by atoms with Crippen molar-refractivity contribution in [3.05, 3.63) is 41.2 Å². The molecule has 0 aliphatic heterocycles. The van der Waals surface area contributed by atoms with Gasteiger partial charge in [-0.25, -0.2) is 5.10 Å². The van der Waals surface area contributed by atoms with Gasteiger partial charge < -0.3 is 10.8 Å². The van der Waals surface area contributed by atoms with Gasteiger partial charge in [0.05, 0.1) is 0 Å². The van der Waals surface area contributed by atoms with Crippen LogP contribution >= 0.6 is 0 Å². The third kappa shape index (κ3) is 3.61. The van der Waals surface area contributed by atoms with Crippen molar-refractivity contribution in [3.63, 3.8) is 0 Å². The number of hydrogen-bond acceptors (Lipinski definition) is 5. The van der Waals surface area contributed by atoms with Crippen molar-refractivity contribution in [1.82, 2.24) is 20.6 Å². The van der Waals surface area contributed by atoms with Crippen LogP contribution in [0.5, 0.6) is 0 Å². The second-order valence-corrected chi connectivity index (χ2v) is 4.85. The van der Waals surface area contributed by atoms with Crippen LogP contribution in [0.3, 0.4) is 0 Å². The summed E-state index contributed by atoms with van der Waals surface area (Å²) in [5.74, 6) is -0.618. The third-order valence-corrected chi connectivity index (χ3v) is 3.21. The molecule has 2 atom stereocenters. The second-order valence-electron chi connectivity index (χ2n) is 4.85. The van der Waals surface area contributed by atoms with E-state index in [0.717, 1.165) is 5.56 Å². The van der Waals surface area contributed by atoms with E-state index in [1.807, 2.05) is 31.2 Å². The zero-order chi connectivity index (χ0) is 14.5. The largest absolute Gasteiger partial charge is 0.480 e. The Balaban J connectivity index is 2.14. The molecule has 0 fully saturated rings. The topological polar surface area (TPSA) is 118 Å². The van der Waals surface area contributed by atoms with E-state index < -0.39 is 12.0 Å². The highest BCUT2D eigenvalue weighted by Crippen LogP contribution is 2.22. The molecule has 0 spiro atoms. The molecular formula is C13H17N5O2. The number of nitrogens with zero attached hydrogens (tertiary/aromatic N) is 3. The third-order valence-electron chi connectivity index (χ3n) is 3.21. The number of aliphatic carboxylic acids is 1. The number of aromatic nitrogens is 4. The zero-order valence-corrected chi connectivity index (χ0v) is 11.2.